The summed E-state index contributed by atoms with van der Waals surface area (Å²) in [5.41, 5.74) is 0.661. The molecule has 160 valence electrons. The van der Waals surface area contributed by atoms with Crippen molar-refractivity contribution in [1.82, 2.24) is 9.80 Å². The SMILES string of the molecule is O=C(OCC(=O)N1CCN(C(=O)c2cccs2)CC1)c1ccc(-c2ccccc2Cl)o1. The molecule has 0 aliphatic carbocycles. The highest BCUT2D eigenvalue weighted by Gasteiger charge is 2.26. The molecule has 3 aromatic rings. The number of benzene rings is 1. The summed E-state index contributed by atoms with van der Waals surface area (Å²) in [7, 11) is 0. The minimum Gasteiger partial charge on any atom is -0.450 e. The van der Waals surface area contributed by atoms with E-state index in [-0.39, 0.29) is 24.2 Å². The first-order valence-electron chi connectivity index (χ1n) is 9.65. The van der Waals surface area contributed by atoms with Gasteiger partial charge in [-0.25, -0.2) is 4.79 Å². The van der Waals surface area contributed by atoms with Crippen LogP contribution < -0.4 is 0 Å². The molecule has 1 aliphatic rings. The maximum absolute atomic E-state index is 12.4. The van der Waals surface area contributed by atoms with Gasteiger partial charge in [0.15, 0.2) is 6.61 Å². The third kappa shape index (κ3) is 4.81. The van der Waals surface area contributed by atoms with Crippen molar-refractivity contribution < 1.29 is 23.5 Å². The van der Waals surface area contributed by atoms with Crippen molar-refractivity contribution in [3.05, 3.63) is 69.6 Å². The van der Waals surface area contributed by atoms with Crippen molar-refractivity contribution in [3.8, 4) is 11.3 Å². The monoisotopic (exact) mass is 458 g/mol. The zero-order valence-electron chi connectivity index (χ0n) is 16.5. The highest BCUT2D eigenvalue weighted by molar-refractivity contribution is 7.12. The summed E-state index contributed by atoms with van der Waals surface area (Å²) < 4.78 is 10.7. The van der Waals surface area contributed by atoms with Crippen molar-refractivity contribution in [3.63, 3.8) is 0 Å². The van der Waals surface area contributed by atoms with Crippen LogP contribution in [-0.2, 0) is 9.53 Å². The van der Waals surface area contributed by atoms with Gasteiger partial charge in [0.25, 0.3) is 11.8 Å². The van der Waals surface area contributed by atoms with Gasteiger partial charge in [0, 0.05) is 31.7 Å². The minimum atomic E-state index is -0.724. The number of halogens is 1. The van der Waals surface area contributed by atoms with Crippen LogP contribution in [0.2, 0.25) is 5.02 Å². The van der Waals surface area contributed by atoms with Crippen molar-refractivity contribution in [2.24, 2.45) is 0 Å². The zero-order valence-corrected chi connectivity index (χ0v) is 18.0. The number of rotatable bonds is 5. The summed E-state index contributed by atoms with van der Waals surface area (Å²) in [5.74, 6) is -0.627. The number of nitrogens with zero attached hydrogens (tertiary/aromatic N) is 2. The molecule has 3 heterocycles. The van der Waals surface area contributed by atoms with Crippen LogP contribution in [0.4, 0.5) is 0 Å². The van der Waals surface area contributed by atoms with Crippen molar-refractivity contribution in [2.45, 2.75) is 0 Å². The molecule has 0 saturated carbocycles. The lowest BCUT2D eigenvalue weighted by Gasteiger charge is -2.34. The third-order valence-electron chi connectivity index (χ3n) is 4.92. The molecule has 0 unspecified atom stereocenters. The second-order valence-corrected chi connectivity index (χ2v) is 8.23. The Morgan fingerprint density at radius 2 is 1.71 bits per heavy atom. The van der Waals surface area contributed by atoms with E-state index >= 15 is 0 Å². The molecule has 7 nitrogen and oxygen atoms in total. The van der Waals surface area contributed by atoms with Crippen LogP contribution in [0.5, 0.6) is 0 Å². The lowest BCUT2D eigenvalue weighted by atomic mass is 10.2. The molecule has 1 saturated heterocycles. The van der Waals surface area contributed by atoms with Crippen molar-refractivity contribution in [1.29, 1.82) is 0 Å². The number of amides is 2. The Balaban J connectivity index is 1.27. The fourth-order valence-electron chi connectivity index (χ4n) is 3.26. The van der Waals surface area contributed by atoms with Gasteiger partial charge in [0.05, 0.1) is 9.90 Å². The number of hydrogen-bond donors (Lipinski definition) is 0. The van der Waals surface area contributed by atoms with Gasteiger partial charge in [-0.15, -0.1) is 11.3 Å². The van der Waals surface area contributed by atoms with Crippen molar-refractivity contribution >= 4 is 40.7 Å². The maximum atomic E-state index is 12.4. The molecule has 1 aromatic carbocycles. The molecule has 0 spiro atoms. The van der Waals surface area contributed by atoms with Crippen LogP contribution >= 0.6 is 22.9 Å². The molecule has 0 bridgehead atoms. The van der Waals surface area contributed by atoms with E-state index in [4.69, 9.17) is 20.8 Å². The van der Waals surface area contributed by atoms with E-state index in [2.05, 4.69) is 0 Å². The number of carbonyl (C=O) groups excluding carboxylic acids is 3. The van der Waals surface area contributed by atoms with Crippen LogP contribution in [0, 0.1) is 0 Å². The summed E-state index contributed by atoms with van der Waals surface area (Å²) in [6, 6.07) is 13.9. The number of piperazine rings is 1. The average Bonchev–Trinajstić information content (AvgIpc) is 3.50. The van der Waals surface area contributed by atoms with E-state index in [1.165, 1.54) is 17.4 Å². The minimum absolute atomic E-state index is 0.00548. The quantitative estimate of drug-likeness (QED) is 0.543. The van der Waals surface area contributed by atoms with E-state index in [0.29, 0.717) is 47.4 Å². The Morgan fingerprint density at radius 1 is 0.968 bits per heavy atom. The van der Waals surface area contributed by atoms with Crippen LogP contribution in [0.25, 0.3) is 11.3 Å². The van der Waals surface area contributed by atoms with E-state index in [0.717, 1.165) is 0 Å². The van der Waals surface area contributed by atoms with Gasteiger partial charge in [0.2, 0.25) is 5.76 Å². The van der Waals surface area contributed by atoms with E-state index < -0.39 is 5.97 Å². The Morgan fingerprint density at radius 3 is 2.42 bits per heavy atom. The maximum Gasteiger partial charge on any atom is 0.374 e. The summed E-state index contributed by atoms with van der Waals surface area (Å²) in [6.07, 6.45) is 0. The molecule has 9 heteroatoms. The molecule has 4 rings (SSSR count). The van der Waals surface area contributed by atoms with Gasteiger partial charge in [-0.2, -0.15) is 0 Å². The Hall–Kier alpha value is -3.10. The zero-order chi connectivity index (χ0) is 21.8. The number of ether oxygens (including phenoxy) is 1. The van der Waals surface area contributed by atoms with E-state index in [1.807, 2.05) is 17.5 Å². The largest absolute Gasteiger partial charge is 0.450 e. The number of thiophene rings is 1. The highest BCUT2D eigenvalue weighted by Crippen LogP contribution is 2.29. The predicted octanol–water partition coefficient (Wildman–Crippen LogP) is 3.80. The molecule has 0 N–H and O–H groups in total. The lowest BCUT2D eigenvalue weighted by Crippen LogP contribution is -2.51. The highest BCUT2D eigenvalue weighted by atomic mass is 35.5. The van der Waals surface area contributed by atoms with Crippen LogP contribution in [0.1, 0.15) is 20.2 Å². The van der Waals surface area contributed by atoms with Crippen LogP contribution in [0.15, 0.2) is 58.3 Å². The van der Waals surface area contributed by atoms with Gasteiger partial charge in [-0.1, -0.05) is 29.8 Å². The summed E-state index contributed by atoms with van der Waals surface area (Å²) in [4.78, 5) is 41.0. The molecule has 1 fully saturated rings. The van der Waals surface area contributed by atoms with Crippen LogP contribution in [-0.4, -0.2) is 60.4 Å². The van der Waals surface area contributed by atoms with E-state index in [1.54, 1.807) is 40.1 Å². The molecular formula is C22H19ClN2O5S. The summed E-state index contributed by atoms with van der Waals surface area (Å²) in [6.45, 7) is 1.28. The molecule has 0 radical (unpaired) electrons. The molecule has 0 atom stereocenters. The van der Waals surface area contributed by atoms with Gasteiger partial charge in [-0.3, -0.25) is 9.59 Å². The second-order valence-electron chi connectivity index (χ2n) is 6.87. The van der Waals surface area contributed by atoms with Crippen molar-refractivity contribution in [2.75, 3.05) is 32.8 Å². The van der Waals surface area contributed by atoms with Gasteiger partial charge in [0.1, 0.15) is 5.76 Å². The second kappa shape index (κ2) is 9.36. The average molecular weight is 459 g/mol. The number of esters is 1. The topological polar surface area (TPSA) is 80.1 Å². The third-order valence-corrected chi connectivity index (χ3v) is 6.11. The fourth-order valence-corrected chi connectivity index (χ4v) is 4.18. The molecule has 1 aliphatic heterocycles. The summed E-state index contributed by atoms with van der Waals surface area (Å²) in [5, 5.41) is 2.36. The molecule has 2 amide bonds. The Labute approximate surface area is 187 Å². The normalized spacial score (nSPS) is 13.8. The van der Waals surface area contributed by atoms with Crippen LogP contribution in [0.3, 0.4) is 0 Å². The number of hydrogen-bond acceptors (Lipinski definition) is 6. The Kier molecular flexibility index (Phi) is 6.39. The first-order valence-corrected chi connectivity index (χ1v) is 10.9. The lowest BCUT2D eigenvalue weighted by molar-refractivity contribution is -0.136. The molecule has 2 aromatic heterocycles. The number of furan rings is 1. The fraction of sp³-hybridized carbons (Fsp3) is 0.227. The van der Waals surface area contributed by atoms with Gasteiger partial charge >= 0.3 is 5.97 Å². The summed E-state index contributed by atoms with van der Waals surface area (Å²) >= 11 is 7.54. The van der Waals surface area contributed by atoms with E-state index in [9.17, 15) is 14.4 Å². The number of carbonyl (C=O) groups is 3. The first-order chi connectivity index (χ1) is 15.0. The van der Waals surface area contributed by atoms with Gasteiger partial charge in [-0.05, 0) is 35.7 Å². The Bertz CT molecular complexity index is 1090. The smallest absolute Gasteiger partial charge is 0.374 e. The van der Waals surface area contributed by atoms with Gasteiger partial charge < -0.3 is 19.0 Å². The predicted molar refractivity (Wildman–Crippen MR) is 116 cm³/mol. The first kappa shape index (κ1) is 21.1. The molecular weight excluding hydrogens is 440 g/mol. The molecule has 31 heavy (non-hydrogen) atoms. The standard InChI is InChI=1S/C22H19ClN2O5S/c23-16-5-2-1-4-15(16)17-7-8-18(30-17)22(28)29-14-20(26)24-9-11-25(12-10-24)21(27)19-6-3-13-31-19/h1-8,13H,9-12,14H2.